The highest BCUT2D eigenvalue weighted by Crippen LogP contribution is 2.37. The Labute approximate surface area is 82.2 Å². The fourth-order valence-electron chi connectivity index (χ4n) is 0.995. The van der Waals surface area contributed by atoms with Gasteiger partial charge in [-0.05, 0) is 39.1 Å². The predicted octanol–water partition coefficient (Wildman–Crippen LogP) is 2.74. The minimum atomic E-state index is -1.61. The third-order valence-corrected chi connectivity index (χ3v) is 4.17. The lowest BCUT2D eigenvalue weighted by atomic mass is 10.3. The van der Waals surface area contributed by atoms with E-state index in [1.54, 1.807) is 7.11 Å². The lowest BCUT2D eigenvalue weighted by molar-refractivity contribution is 0.116. The number of ether oxygens (including phenoxy) is 1. The van der Waals surface area contributed by atoms with E-state index in [9.17, 15) is 0 Å². The maximum absolute atomic E-state index is 8.04. The fourth-order valence-corrected chi connectivity index (χ4v) is 2.75. The van der Waals surface area contributed by atoms with Crippen LogP contribution in [0.4, 0.5) is 0 Å². The molecule has 3 nitrogen and oxygen atoms in total. The van der Waals surface area contributed by atoms with Crippen molar-refractivity contribution in [3.63, 3.8) is 0 Å². The lowest BCUT2D eigenvalue weighted by Crippen LogP contribution is -2.15. The molecule has 0 fully saturated rings. The molecule has 2 atom stereocenters. The molecule has 80 valence electrons. The van der Waals surface area contributed by atoms with Crippen molar-refractivity contribution in [2.45, 2.75) is 32.8 Å². The average molecular weight is 206 g/mol. The normalized spacial score (nSPS) is 18.2. The molecule has 0 spiro atoms. The molecular formula is C9H23N2OP. The molecule has 0 aliphatic rings. The molecule has 0 radical (unpaired) electrons. The zero-order valence-corrected chi connectivity index (χ0v) is 10.2. The van der Waals surface area contributed by atoms with E-state index in [0.717, 1.165) is 25.5 Å². The second-order valence-corrected chi connectivity index (χ2v) is 6.80. The molecule has 13 heavy (non-hydrogen) atoms. The van der Waals surface area contributed by atoms with E-state index in [2.05, 4.69) is 18.9 Å². The number of hydrogen-bond acceptors (Lipinski definition) is 2. The molecule has 0 rings (SSSR count). The van der Waals surface area contributed by atoms with Crippen molar-refractivity contribution in [2.75, 3.05) is 26.5 Å². The van der Waals surface area contributed by atoms with E-state index in [4.69, 9.17) is 9.90 Å². The van der Waals surface area contributed by atoms with Crippen LogP contribution in [0.25, 0.3) is 0 Å². The molecule has 0 saturated carbocycles. The van der Waals surface area contributed by atoms with Crippen molar-refractivity contribution in [3.05, 3.63) is 0 Å². The van der Waals surface area contributed by atoms with Crippen LogP contribution in [0.15, 0.2) is 0 Å². The van der Waals surface area contributed by atoms with Crippen LogP contribution >= 0.6 is 7.21 Å². The van der Waals surface area contributed by atoms with Crippen molar-refractivity contribution >= 4 is 7.21 Å². The summed E-state index contributed by atoms with van der Waals surface area (Å²) in [5, 5.41) is 11.4. The Morgan fingerprint density at radius 2 is 2.15 bits per heavy atom. The molecule has 0 aromatic carbocycles. The molecule has 2 N–H and O–H groups in total. The highest BCUT2D eigenvalue weighted by molar-refractivity contribution is 7.62. The monoisotopic (exact) mass is 206 g/mol. The largest absolute Gasteiger partial charge is 0.382 e. The summed E-state index contributed by atoms with van der Waals surface area (Å²) >= 11 is 0. The maximum Gasteiger partial charge on any atom is 0.0547 e. The number of rotatable bonds is 7. The van der Waals surface area contributed by atoms with Crippen LogP contribution in [0.2, 0.25) is 0 Å². The molecular weight excluding hydrogens is 183 g/mol. The third-order valence-electron chi connectivity index (χ3n) is 2.10. The predicted molar refractivity (Wildman–Crippen MR) is 59.8 cm³/mol. The molecule has 0 bridgehead atoms. The second kappa shape index (κ2) is 6.58. The van der Waals surface area contributed by atoms with Gasteiger partial charge >= 0.3 is 0 Å². The van der Waals surface area contributed by atoms with Gasteiger partial charge in [0.1, 0.15) is 0 Å². The summed E-state index contributed by atoms with van der Waals surface area (Å²) in [5.41, 5.74) is 0. The van der Waals surface area contributed by atoms with Gasteiger partial charge in [0.25, 0.3) is 0 Å². The molecule has 0 aromatic heterocycles. The van der Waals surface area contributed by atoms with Gasteiger partial charge in [-0.3, -0.25) is 5.09 Å². The molecule has 0 aromatic rings. The van der Waals surface area contributed by atoms with Gasteiger partial charge in [-0.2, -0.15) is 0 Å². The van der Waals surface area contributed by atoms with Crippen molar-refractivity contribution in [3.8, 4) is 0 Å². The minimum absolute atomic E-state index is 0.285. The smallest absolute Gasteiger partial charge is 0.0547 e. The first-order valence-corrected chi connectivity index (χ1v) is 7.32. The molecule has 0 heterocycles. The first-order chi connectivity index (χ1) is 6.02. The summed E-state index contributed by atoms with van der Waals surface area (Å²) in [5.74, 6) is 0. The minimum Gasteiger partial charge on any atom is -0.382 e. The average Bonchev–Trinajstić information content (AvgIpc) is 2.11. The van der Waals surface area contributed by atoms with Crippen LogP contribution in [0.1, 0.15) is 26.7 Å². The first-order valence-electron chi connectivity index (χ1n) is 4.90. The van der Waals surface area contributed by atoms with Gasteiger partial charge < -0.3 is 9.90 Å². The van der Waals surface area contributed by atoms with Crippen LogP contribution in [-0.4, -0.2) is 32.6 Å². The Bertz CT molecular complexity index is 173. The van der Waals surface area contributed by atoms with Crippen LogP contribution in [0.3, 0.4) is 0 Å². The van der Waals surface area contributed by atoms with Crippen LogP contribution < -0.4 is 5.09 Å². The van der Waals surface area contributed by atoms with Gasteiger partial charge in [0.05, 0.1) is 6.10 Å². The Morgan fingerprint density at radius 3 is 2.62 bits per heavy atom. The van der Waals surface area contributed by atoms with E-state index in [1.165, 1.54) is 0 Å². The standard InChI is InChI=1S/C9H23N2OP/c1-5-7-11-13(4,10)8-6-9(2)12-3/h9H,5-8H2,1-4H3,(H2,10,11). The number of methoxy groups -OCH3 is 1. The zero-order chi connectivity index (χ0) is 10.3. The van der Waals surface area contributed by atoms with Gasteiger partial charge in [0, 0.05) is 14.3 Å². The SMILES string of the molecule is CCCNP(C)(=N)CCC(C)OC. The Hall–Kier alpha value is 0.150. The Morgan fingerprint density at radius 1 is 1.54 bits per heavy atom. The van der Waals surface area contributed by atoms with Gasteiger partial charge in [-0.25, -0.2) is 0 Å². The summed E-state index contributed by atoms with van der Waals surface area (Å²) in [7, 11) is 0.120. The van der Waals surface area contributed by atoms with Gasteiger partial charge in [-0.1, -0.05) is 6.92 Å². The molecule has 0 aliphatic heterocycles. The van der Waals surface area contributed by atoms with Crippen molar-refractivity contribution < 1.29 is 4.74 Å². The Kier molecular flexibility index (Phi) is 6.66. The molecule has 0 amide bonds. The summed E-state index contributed by atoms with van der Waals surface area (Å²) in [4.78, 5) is 0. The highest BCUT2D eigenvalue weighted by Gasteiger charge is 2.10. The van der Waals surface area contributed by atoms with Crippen LogP contribution in [0, 0.1) is 5.16 Å². The van der Waals surface area contributed by atoms with Gasteiger partial charge in [0.15, 0.2) is 0 Å². The van der Waals surface area contributed by atoms with E-state index in [-0.39, 0.29) is 6.10 Å². The summed E-state index contributed by atoms with van der Waals surface area (Å²) < 4.78 is 5.16. The lowest BCUT2D eigenvalue weighted by Gasteiger charge is -2.20. The zero-order valence-electron chi connectivity index (χ0n) is 9.26. The molecule has 0 aliphatic carbocycles. The highest BCUT2D eigenvalue weighted by atomic mass is 31.2. The van der Waals surface area contributed by atoms with Gasteiger partial charge in [-0.15, -0.1) is 0 Å². The van der Waals surface area contributed by atoms with Crippen molar-refractivity contribution in [1.82, 2.24) is 5.09 Å². The van der Waals surface area contributed by atoms with Crippen molar-refractivity contribution in [2.24, 2.45) is 0 Å². The van der Waals surface area contributed by atoms with E-state index >= 15 is 0 Å². The van der Waals surface area contributed by atoms with E-state index in [0.29, 0.717) is 0 Å². The number of hydrogen-bond donors (Lipinski definition) is 2. The fraction of sp³-hybridized carbons (Fsp3) is 1.00. The van der Waals surface area contributed by atoms with Crippen molar-refractivity contribution in [1.29, 1.82) is 5.16 Å². The summed E-state index contributed by atoms with van der Waals surface area (Å²) in [6.07, 6.45) is 3.32. The Balaban J connectivity index is 3.68. The number of nitrogens with one attached hydrogen (secondary N) is 2. The van der Waals surface area contributed by atoms with Gasteiger partial charge in [0.2, 0.25) is 0 Å². The van der Waals surface area contributed by atoms with E-state index in [1.807, 2.05) is 6.66 Å². The van der Waals surface area contributed by atoms with E-state index < -0.39 is 7.21 Å². The van der Waals surface area contributed by atoms with Crippen LogP contribution in [-0.2, 0) is 4.74 Å². The first kappa shape index (κ1) is 13.2. The second-order valence-electron chi connectivity index (χ2n) is 3.66. The topological polar surface area (TPSA) is 45.1 Å². The van der Waals surface area contributed by atoms with Crippen LogP contribution in [0.5, 0.6) is 0 Å². The summed E-state index contributed by atoms with van der Waals surface area (Å²) in [6, 6.07) is 0. The molecule has 0 saturated heterocycles. The quantitative estimate of drug-likeness (QED) is 0.629. The third kappa shape index (κ3) is 7.24. The molecule has 4 heteroatoms. The molecule has 2 unspecified atom stereocenters. The summed E-state index contributed by atoms with van der Waals surface area (Å²) in [6.45, 7) is 7.19. The maximum atomic E-state index is 8.04.